The molecule has 44 heavy (non-hydrogen) atoms. The molecule has 0 aliphatic carbocycles. The number of aryl methyl sites for hydroxylation is 2. The number of hydrogen-bond donors (Lipinski definition) is 1. The third-order valence-electron chi connectivity index (χ3n) is 7.42. The van der Waals surface area contributed by atoms with Gasteiger partial charge in [0.05, 0.1) is 10.6 Å². The van der Waals surface area contributed by atoms with Crippen molar-refractivity contribution in [2.75, 3.05) is 17.4 Å². The highest BCUT2D eigenvalue weighted by Crippen LogP contribution is 2.29. The van der Waals surface area contributed by atoms with Gasteiger partial charge in [0, 0.05) is 24.5 Å². The summed E-state index contributed by atoms with van der Waals surface area (Å²) in [5, 5.41) is 3.42. The first kappa shape index (κ1) is 32.8. The summed E-state index contributed by atoms with van der Waals surface area (Å²) >= 11 is 6.14. The molecule has 0 aliphatic heterocycles. The van der Waals surface area contributed by atoms with Crippen molar-refractivity contribution in [3.63, 3.8) is 0 Å². The van der Waals surface area contributed by atoms with Crippen LogP contribution >= 0.6 is 11.6 Å². The molecule has 2 amide bonds. The van der Waals surface area contributed by atoms with Crippen molar-refractivity contribution in [3.8, 4) is 0 Å². The van der Waals surface area contributed by atoms with Crippen LogP contribution in [-0.2, 0) is 39.0 Å². The van der Waals surface area contributed by atoms with Crippen molar-refractivity contribution in [1.82, 2.24) is 10.2 Å². The van der Waals surface area contributed by atoms with Crippen LogP contribution in [0.15, 0.2) is 108 Å². The van der Waals surface area contributed by atoms with E-state index in [1.54, 1.807) is 60.7 Å². The number of nitrogens with zero attached hydrogens (tertiary/aromatic N) is 2. The fourth-order valence-corrected chi connectivity index (χ4v) is 6.61. The minimum atomic E-state index is -4.16. The van der Waals surface area contributed by atoms with E-state index in [4.69, 9.17) is 11.6 Å². The number of hydrogen-bond acceptors (Lipinski definition) is 4. The molecule has 7 nitrogen and oxygen atoms in total. The van der Waals surface area contributed by atoms with Crippen molar-refractivity contribution in [2.24, 2.45) is 0 Å². The van der Waals surface area contributed by atoms with Gasteiger partial charge in [0.25, 0.3) is 10.0 Å². The molecule has 1 N–H and O–H groups in total. The lowest BCUT2D eigenvalue weighted by Crippen LogP contribution is -2.53. The summed E-state index contributed by atoms with van der Waals surface area (Å²) in [6.45, 7) is 5.61. The van der Waals surface area contributed by atoms with Gasteiger partial charge in [0.15, 0.2) is 0 Å². The number of nitrogens with one attached hydrogen (secondary N) is 1. The van der Waals surface area contributed by atoms with E-state index in [0.29, 0.717) is 23.7 Å². The van der Waals surface area contributed by atoms with E-state index in [0.717, 1.165) is 22.3 Å². The Bertz CT molecular complexity index is 1660. The lowest BCUT2D eigenvalue weighted by molar-refractivity contribution is -0.140. The first-order valence-electron chi connectivity index (χ1n) is 14.7. The number of carbonyl (C=O) groups excluding carboxylic acids is 2. The second-order valence-electron chi connectivity index (χ2n) is 10.6. The normalized spacial score (nSPS) is 11.9. The van der Waals surface area contributed by atoms with Crippen molar-refractivity contribution in [1.29, 1.82) is 0 Å². The molecule has 4 aromatic carbocycles. The number of benzene rings is 4. The summed E-state index contributed by atoms with van der Waals surface area (Å²) in [7, 11) is -4.16. The second kappa shape index (κ2) is 15.0. The minimum Gasteiger partial charge on any atom is -0.355 e. The molecule has 0 aliphatic rings. The van der Waals surface area contributed by atoms with E-state index >= 15 is 0 Å². The zero-order valence-corrected chi connectivity index (χ0v) is 26.8. The Kier molecular flexibility index (Phi) is 11.2. The molecule has 0 radical (unpaired) electrons. The Morgan fingerprint density at radius 1 is 0.818 bits per heavy atom. The first-order chi connectivity index (χ1) is 21.1. The van der Waals surface area contributed by atoms with Crippen molar-refractivity contribution >= 4 is 39.1 Å². The van der Waals surface area contributed by atoms with Crippen LogP contribution in [0, 0.1) is 6.92 Å². The summed E-state index contributed by atoms with van der Waals surface area (Å²) in [4.78, 5) is 29.6. The van der Waals surface area contributed by atoms with Crippen LogP contribution in [-0.4, -0.2) is 44.3 Å². The number of rotatable bonds is 13. The fourth-order valence-electron chi connectivity index (χ4n) is 5.04. The maximum atomic E-state index is 14.5. The van der Waals surface area contributed by atoms with E-state index in [1.165, 1.54) is 9.21 Å². The summed E-state index contributed by atoms with van der Waals surface area (Å²) in [6, 6.07) is 29.4. The quantitative estimate of drug-likeness (QED) is 0.191. The molecule has 0 spiro atoms. The molecule has 230 valence electrons. The number of sulfonamides is 1. The molecule has 0 heterocycles. The van der Waals surface area contributed by atoms with E-state index < -0.39 is 28.5 Å². The van der Waals surface area contributed by atoms with Crippen molar-refractivity contribution in [3.05, 3.63) is 130 Å². The zero-order valence-electron chi connectivity index (χ0n) is 25.2. The molecule has 4 aromatic rings. The number of anilines is 1. The summed E-state index contributed by atoms with van der Waals surface area (Å²) < 4.78 is 29.6. The molecule has 1 atom stereocenters. The van der Waals surface area contributed by atoms with Crippen LogP contribution in [0.1, 0.15) is 36.1 Å². The maximum Gasteiger partial charge on any atom is 0.264 e. The van der Waals surface area contributed by atoms with Gasteiger partial charge < -0.3 is 10.2 Å². The number of likely N-dealkylation sites (N-methyl/N-ethyl adjacent to an activating group) is 1. The molecule has 9 heteroatoms. The van der Waals surface area contributed by atoms with Gasteiger partial charge >= 0.3 is 0 Å². The molecule has 0 fully saturated rings. The van der Waals surface area contributed by atoms with Gasteiger partial charge in [-0.1, -0.05) is 96.9 Å². The monoisotopic (exact) mass is 631 g/mol. The SMILES string of the molecule is CCNC(=O)[C@@H](Cc1ccccc1)N(Cc1ccc(Cl)cc1)C(=O)CN(c1ccccc1CC)S(=O)(=O)c1ccc(C)cc1. The van der Waals surface area contributed by atoms with E-state index in [-0.39, 0.29) is 23.8 Å². The average Bonchev–Trinajstić information content (AvgIpc) is 3.03. The van der Waals surface area contributed by atoms with Crippen LogP contribution in [0.3, 0.4) is 0 Å². The van der Waals surface area contributed by atoms with Gasteiger partial charge in [-0.25, -0.2) is 8.42 Å². The van der Waals surface area contributed by atoms with Crippen molar-refractivity contribution < 1.29 is 18.0 Å². The molecule has 0 saturated heterocycles. The van der Waals surface area contributed by atoms with E-state index in [1.807, 2.05) is 63.2 Å². The Morgan fingerprint density at radius 3 is 2.09 bits per heavy atom. The first-order valence-corrected chi connectivity index (χ1v) is 16.5. The molecule has 4 rings (SSSR count). The molecule has 0 aromatic heterocycles. The largest absolute Gasteiger partial charge is 0.355 e. The Morgan fingerprint density at radius 2 is 1.45 bits per heavy atom. The Labute approximate surface area is 265 Å². The highest BCUT2D eigenvalue weighted by Gasteiger charge is 2.35. The van der Waals surface area contributed by atoms with Crippen molar-refractivity contribution in [2.45, 2.75) is 51.1 Å². The zero-order chi connectivity index (χ0) is 31.7. The van der Waals surface area contributed by atoms with E-state index in [9.17, 15) is 18.0 Å². The lowest BCUT2D eigenvalue weighted by atomic mass is 10.0. The third kappa shape index (κ3) is 8.07. The summed E-state index contributed by atoms with van der Waals surface area (Å²) in [5.41, 5.74) is 3.75. The summed E-state index contributed by atoms with van der Waals surface area (Å²) in [6.07, 6.45) is 0.816. The standard InChI is InChI=1S/C35H38ClN3O4S/c1-4-29-13-9-10-14-32(29)39(44(42,43)31-21-15-26(3)16-22-31)25-34(40)38(24-28-17-19-30(36)20-18-28)33(35(41)37-5-2)23-27-11-7-6-8-12-27/h6-22,33H,4-5,23-25H2,1-3H3,(H,37,41)/t33-/m1/s1. The molecular weight excluding hydrogens is 594 g/mol. The topological polar surface area (TPSA) is 86.8 Å². The van der Waals surface area contributed by atoms with Crippen LogP contribution < -0.4 is 9.62 Å². The average molecular weight is 632 g/mol. The number of amides is 2. The Hall–Kier alpha value is -4.14. The highest BCUT2D eigenvalue weighted by molar-refractivity contribution is 7.92. The number of para-hydroxylation sites is 1. The number of carbonyl (C=O) groups is 2. The molecule has 0 bridgehead atoms. The fraction of sp³-hybridized carbons (Fsp3) is 0.257. The predicted octanol–water partition coefficient (Wildman–Crippen LogP) is 6.18. The van der Waals surface area contributed by atoms with Crippen LogP contribution in [0.2, 0.25) is 5.02 Å². The highest BCUT2D eigenvalue weighted by atomic mass is 35.5. The number of halogens is 1. The lowest BCUT2D eigenvalue weighted by Gasteiger charge is -2.34. The van der Waals surface area contributed by atoms with Gasteiger partial charge in [-0.15, -0.1) is 0 Å². The minimum absolute atomic E-state index is 0.0793. The van der Waals surface area contributed by atoms with Gasteiger partial charge in [-0.3, -0.25) is 13.9 Å². The van der Waals surface area contributed by atoms with E-state index in [2.05, 4.69) is 5.32 Å². The van der Waals surface area contributed by atoms with Crippen LogP contribution in [0.4, 0.5) is 5.69 Å². The predicted molar refractivity (Wildman–Crippen MR) is 176 cm³/mol. The second-order valence-corrected chi connectivity index (χ2v) is 12.9. The third-order valence-corrected chi connectivity index (χ3v) is 9.44. The van der Waals surface area contributed by atoms with Gasteiger partial charge in [-0.05, 0) is 67.3 Å². The van der Waals surface area contributed by atoms with Gasteiger partial charge in [0.1, 0.15) is 12.6 Å². The Balaban J connectivity index is 1.82. The molecular formula is C35H38ClN3O4S. The van der Waals surface area contributed by atoms with Gasteiger partial charge in [0.2, 0.25) is 11.8 Å². The van der Waals surface area contributed by atoms with Crippen LogP contribution in [0.5, 0.6) is 0 Å². The summed E-state index contributed by atoms with van der Waals surface area (Å²) in [5.74, 6) is -0.825. The maximum absolute atomic E-state index is 14.5. The molecule has 0 saturated carbocycles. The molecule has 0 unspecified atom stereocenters. The smallest absolute Gasteiger partial charge is 0.264 e. The van der Waals surface area contributed by atoms with Gasteiger partial charge in [-0.2, -0.15) is 0 Å². The van der Waals surface area contributed by atoms with Crippen LogP contribution in [0.25, 0.3) is 0 Å².